The minimum atomic E-state index is -0.950. The highest BCUT2D eigenvalue weighted by molar-refractivity contribution is 5.17. The lowest BCUT2D eigenvalue weighted by atomic mass is 9.81. The van der Waals surface area contributed by atoms with Gasteiger partial charge in [0.05, 0.1) is 54.9 Å². The number of fused-ring (bicyclic) bond motifs is 1. The van der Waals surface area contributed by atoms with Gasteiger partial charge in [0, 0.05) is 29.6 Å². The molecule has 10 nitrogen and oxygen atoms in total. The van der Waals surface area contributed by atoms with Crippen LogP contribution in [-0.4, -0.2) is 101 Å². The van der Waals surface area contributed by atoms with Crippen molar-refractivity contribution in [2.45, 2.75) is 162 Å². The van der Waals surface area contributed by atoms with Crippen molar-refractivity contribution < 1.29 is 48.5 Å². The zero-order valence-corrected chi connectivity index (χ0v) is 28.7. The lowest BCUT2D eigenvalue weighted by Crippen LogP contribution is -2.60. The molecular weight excluding hydrogens is 568 g/mol. The Morgan fingerprint density at radius 2 is 1.18 bits per heavy atom. The highest BCUT2D eigenvalue weighted by atomic mass is 16.7. The van der Waals surface area contributed by atoms with Crippen molar-refractivity contribution in [1.82, 2.24) is 0 Å². The summed E-state index contributed by atoms with van der Waals surface area (Å²) in [7, 11) is 0. The molecule has 1 saturated carbocycles. The maximum absolute atomic E-state index is 11.5. The van der Waals surface area contributed by atoms with Gasteiger partial charge >= 0.3 is 0 Å². The van der Waals surface area contributed by atoms with Crippen molar-refractivity contribution in [3.63, 3.8) is 0 Å². The van der Waals surface area contributed by atoms with Crippen molar-refractivity contribution in [1.29, 1.82) is 0 Å². The first-order chi connectivity index (χ1) is 20.7. The first kappa shape index (κ1) is 34.9. The average molecular weight is 629 g/mol. The third-order valence-corrected chi connectivity index (χ3v) is 12.4. The fourth-order valence-electron chi connectivity index (χ4n) is 8.77. The van der Waals surface area contributed by atoms with Crippen LogP contribution in [-0.2, 0) is 33.2 Å². The molecule has 4 aliphatic heterocycles. The SMILES string of the molecule is CCC1O[C@H](C)C(C)C(C)[C@@H]1O[C@H]1OC(C)[C@@H]2[C@@H](C1C)C2(C)O[C@@H]1OC(CO)[C@@H](O[C@@H]2OC(C)[C@@H](O)C(C)C2C)[C@H](O)C1C. The largest absolute Gasteiger partial charge is 0.394 e. The Labute approximate surface area is 264 Å². The normalized spacial score (nSPS) is 58.0. The molecule has 0 bridgehead atoms. The summed E-state index contributed by atoms with van der Waals surface area (Å²) in [5.41, 5.74) is -0.536. The summed E-state index contributed by atoms with van der Waals surface area (Å²) in [6.45, 7) is 22.5. The van der Waals surface area contributed by atoms with Crippen LogP contribution < -0.4 is 0 Å². The first-order valence-electron chi connectivity index (χ1n) is 17.2. The molecule has 11 unspecified atom stereocenters. The van der Waals surface area contributed by atoms with E-state index in [1.54, 1.807) is 0 Å². The Bertz CT molecular complexity index is 964. The van der Waals surface area contributed by atoms with Gasteiger partial charge in [-0.25, -0.2) is 0 Å². The summed E-state index contributed by atoms with van der Waals surface area (Å²) in [5, 5.41) is 32.2. The van der Waals surface area contributed by atoms with Crippen molar-refractivity contribution in [2.24, 2.45) is 47.3 Å². The lowest BCUT2D eigenvalue weighted by Gasteiger charge is -2.47. The predicted octanol–water partition coefficient (Wildman–Crippen LogP) is 3.72. The van der Waals surface area contributed by atoms with Crippen molar-refractivity contribution >= 4 is 0 Å². The van der Waals surface area contributed by atoms with Gasteiger partial charge in [0.2, 0.25) is 0 Å². The lowest BCUT2D eigenvalue weighted by molar-refractivity contribution is -0.344. The number of hydrogen-bond donors (Lipinski definition) is 3. The molecule has 0 amide bonds. The topological polar surface area (TPSA) is 125 Å². The van der Waals surface area contributed by atoms with Gasteiger partial charge < -0.3 is 48.5 Å². The van der Waals surface area contributed by atoms with Crippen molar-refractivity contribution in [2.75, 3.05) is 6.61 Å². The predicted molar refractivity (Wildman–Crippen MR) is 162 cm³/mol. The van der Waals surface area contributed by atoms with Crippen LogP contribution in [0, 0.1) is 47.3 Å². The Kier molecular flexibility index (Phi) is 10.5. The van der Waals surface area contributed by atoms with Crippen molar-refractivity contribution in [3.8, 4) is 0 Å². The molecule has 0 aromatic heterocycles. The van der Waals surface area contributed by atoms with Crippen LogP contribution in [0.4, 0.5) is 0 Å². The van der Waals surface area contributed by atoms with Crippen LogP contribution in [0.15, 0.2) is 0 Å². The Balaban J connectivity index is 1.25. The van der Waals surface area contributed by atoms with E-state index in [0.29, 0.717) is 11.8 Å². The third-order valence-electron chi connectivity index (χ3n) is 12.4. The quantitative estimate of drug-likeness (QED) is 0.366. The summed E-state index contributed by atoms with van der Waals surface area (Å²) < 4.78 is 45.0. The number of ether oxygens (including phenoxy) is 7. The molecule has 0 aromatic carbocycles. The van der Waals surface area contributed by atoms with E-state index in [1.807, 2.05) is 27.7 Å². The fourth-order valence-corrected chi connectivity index (χ4v) is 8.77. The molecule has 1 aliphatic carbocycles. The summed E-state index contributed by atoms with van der Waals surface area (Å²) in [6, 6.07) is 0. The Hall–Kier alpha value is -0.400. The van der Waals surface area contributed by atoms with E-state index in [0.717, 1.165) is 6.42 Å². The number of hydrogen-bond acceptors (Lipinski definition) is 10. The molecule has 0 spiro atoms. The Morgan fingerprint density at radius 3 is 1.82 bits per heavy atom. The van der Waals surface area contributed by atoms with Gasteiger partial charge in [0.15, 0.2) is 18.9 Å². The molecule has 4 heterocycles. The van der Waals surface area contributed by atoms with Crippen LogP contribution in [0.3, 0.4) is 0 Å². The monoisotopic (exact) mass is 628 g/mol. The highest BCUT2D eigenvalue weighted by Crippen LogP contribution is 2.64. The first-order valence-corrected chi connectivity index (χ1v) is 17.2. The van der Waals surface area contributed by atoms with Gasteiger partial charge in [-0.3, -0.25) is 0 Å². The zero-order chi connectivity index (χ0) is 32.4. The van der Waals surface area contributed by atoms with Crippen LogP contribution in [0.25, 0.3) is 0 Å². The van der Waals surface area contributed by atoms with Crippen LogP contribution in [0.5, 0.6) is 0 Å². The summed E-state index contributed by atoms with van der Waals surface area (Å²) >= 11 is 0. The van der Waals surface area contributed by atoms with Gasteiger partial charge in [-0.1, -0.05) is 48.5 Å². The Morgan fingerprint density at radius 1 is 0.568 bits per heavy atom. The third kappa shape index (κ3) is 6.03. The standard InChI is InChI=1S/C34H60O10/c1-12-23-29(16(4)14(2)20(8)38-23)42-32-18(6)25-26(21(9)39-32)34(25,11)44-33-19(7)28(37)30(24(13-35)41-33)43-31-17(5)15(3)27(36)22(10)40-31/h14-33,35-37H,12-13H2,1-11H3/t14?,15?,16?,17?,18?,19?,20-,21?,22?,23?,24?,25-,26-,27+,28-,29+,30-,31+,32-,33+,34?/m1/s1. The zero-order valence-electron chi connectivity index (χ0n) is 28.7. The van der Waals surface area contributed by atoms with E-state index >= 15 is 0 Å². The number of aliphatic hydroxyl groups is 3. The maximum Gasteiger partial charge on any atom is 0.164 e. The van der Waals surface area contributed by atoms with E-state index in [2.05, 4.69) is 48.5 Å². The molecule has 256 valence electrons. The second kappa shape index (κ2) is 13.2. The fraction of sp³-hybridized carbons (Fsp3) is 1.00. The van der Waals surface area contributed by atoms with Crippen molar-refractivity contribution in [3.05, 3.63) is 0 Å². The minimum absolute atomic E-state index is 0.0314. The number of aliphatic hydroxyl groups excluding tert-OH is 3. The molecule has 3 N–H and O–H groups in total. The molecule has 4 saturated heterocycles. The van der Waals surface area contributed by atoms with E-state index in [1.165, 1.54) is 0 Å². The second-order valence-corrected chi connectivity index (χ2v) is 15.1. The average Bonchev–Trinajstić information content (AvgIpc) is 3.62. The molecule has 0 radical (unpaired) electrons. The molecule has 0 aromatic rings. The van der Waals surface area contributed by atoms with Gasteiger partial charge in [-0.2, -0.15) is 0 Å². The van der Waals surface area contributed by atoms with Gasteiger partial charge in [0.25, 0.3) is 0 Å². The van der Waals surface area contributed by atoms with Gasteiger partial charge in [0.1, 0.15) is 12.2 Å². The molecule has 5 rings (SSSR count). The molecule has 21 atom stereocenters. The molecule has 44 heavy (non-hydrogen) atoms. The van der Waals surface area contributed by atoms with E-state index < -0.39 is 54.6 Å². The van der Waals surface area contributed by atoms with Gasteiger partial charge in [-0.05, 0) is 51.9 Å². The van der Waals surface area contributed by atoms with Crippen LogP contribution in [0.2, 0.25) is 0 Å². The molecule has 5 aliphatic rings. The molecule has 5 fully saturated rings. The van der Waals surface area contributed by atoms with Gasteiger partial charge in [-0.15, -0.1) is 0 Å². The van der Waals surface area contributed by atoms with Crippen LogP contribution in [0.1, 0.15) is 82.6 Å². The number of rotatable bonds is 8. The summed E-state index contributed by atoms with van der Waals surface area (Å²) in [6.07, 6.45) is -4.31. The van der Waals surface area contributed by atoms with E-state index in [9.17, 15) is 15.3 Å². The summed E-state index contributed by atoms with van der Waals surface area (Å²) in [5.74, 6) is 0.579. The van der Waals surface area contributed by atoms with E-state index in [4.69, 9.17) is 33.2 Å². The molecule has 10 heteroatoms. The highest BCUT2D eigenvalue weighted by Gasteiger charge is 2.72. The second-order valence-electron chi connectivity index (χ2n) is 15.1. The maximum atomic E-state index is 11.5. The minimum Gasteiger partial charge on any atom is -0.394 e. The van der Waals surface area contributed by atoms with E-state index in [-0.39, 0.29) is 66.9 Å². The summed E-state index contributed by atoms with van der Waals surface area (Å²) in [4.78, 5) is 0. The molecular formula is C34H60O10. The van der Waals surface area contributed by atoms with Crippen LogP contribution >= 0.6 is 0 Å². The smallest absolute Gasteiger partial charge is 0.164 e.